The normalized spacial score (nSPS) is 32.5. The number of nitrogens with one attached hydrogen (secondary N) is 1. The van der Waals surface area contributed by atoms with Crippen molar-refractivity contribution in [3.05, 3.63) is 0 Å². The van der Waals surface area contributed by atoms with Crippen molar-refractivity contribution in [2.75, 3.05) is 46.4 Å². The Labute approximate surface area is 133 Å². The third kappa shape index (κ3) is 2.91. The van der Waals surface area contributed by atoms with Crippen LogP contribution < -0.4 is 5.32 Å². The molecule has 2 aliphatic heterocycles. The largest absolute Gasteiger partial charge is 0.369 e. The molecule has 124 valence electrons. The molecule has 4 aliphatic rings. The second-order valence-corrected chi connectivity index (χ2v) is 7.96. The van der Waals surface area contributed by atoms with Gasteiger partial charge >= 0.3 is 0 Å². The summed E-state index contributed by atoms with van der Waals surface area (Å²) in [6.07, 6.45) is 6.91. The zero-order chi connectivity index (χ0) is 15.2. The lowest BCUT2D eigenvalue weighted by molar-refractivity contribution is -0.203. The fraction of sp³-hybridized carbons (Fsp3) is 0.941. The Morgan fingerprint density at radius 3 is 2.45 bits per heavy atom. The molecule has 1 N–H and O–H groups in total. The van der Waals surface area contributed by atoms with Crippen molar-refractivity contribution < 1.29 is 9.53 Å². The van der Waals surface area contributed by atoms with Crippen LogP contribution in [0.3, 0.4) is 0 Å². The van der Waals surface area contributed by atoms with E-state index in [9.17, 15) is 4.79 Å². The molecular formula is C17H29N3O2. The molecule has 4 fully saturated rings. The average molecular weight is 307 g/mol. The van der Waals surface area contributed by atoms with Gasteiger partial charge in [0.25, 0.3) is 0 Å². The second kappa shape index (κ2) is 5.77. The van der Waals surface area contributed by atoms with E-state index >= 15 is 0 Å². The van der Waals surface area contributed by atoms with E-state index in [1.54, 1.807) is 7.05 Å². The number of amides is 1. The third-order valence-corrected chi connectivity index (χ3v) is 5.98. The molecule has 5 nitrogen and oxygen atoms in total. The molecule has 2 saturated carbocycles. The maximum atomic E-state index is 12.1. The minimum atomic E-state index is -0.0862. The Kier molecular flexibility index (Phi) is 3.91. The van der Waals surface area contributed by atoms with E-state index in [1.807, 2.05) is 0 Å². The van der Waals surface area contributed by atoms with Crippen LogP contribution in [0.4, 0.5) is 0 Å². The predicted molar refractivity (Wildman–Crippen MR) is 84.6 cm³/mol. The van der Waals surface area contributed by atoms with E-state index < -0.39 is 0 Å². The number of carbonyl (C=O) groups excluding carboxylic acids is 1. The van der Waals surface area contributed by atoms with Crippen LogP contribution in [0.1, 0.15) is 32.1 Å². The highest BCUT2D eigenvalue weighted by Gasteiger charge is 2.51. The number of hydrogen-bond donors (Lipinski definition) is 1. The summed E-state index contributed by atoms with van der Waals surface area (Å²) < 4.78 is 6.19. The topological polar surface area (TPSA) is 44.8 Å². The molecule has 4 rings (SSSR count). The SMILES string of the molecule is CNC(=O)C1COC2(CN(CC3CCC3)C2)CN1CC1CC1. The minimum absolute atomic E-state index is 0.00313. The van der Waals surface area contributed by atoms with Gasteiger partial charge in [0.05, 0.1) is 6.61 Å². The number of likely N-dealkylation sites (tertiary alicyclic amines) is 1. The fourth-order valence-corrected chi connectivity index (χ4v) is 4.25. The van der Waals surface area contributed by atoms with E-state index in [2.05, 4.69) is 15.1 Å². The fourth-order valence-electron chi connectivity index (χ4n) is 4.25. The van der Waals surface area contributed by atoms with Gasteiger partial charge in [0.1, 0.15) is 11.6 Å². The molecule has 1 unspecified atom stereocenters. The summed E-state index contributed by atoms with van der Waals surface area (Å²) in [5, 5.41) is 2.80. The molecule has 1 spiro atoms. The van der Waals surface area contributed by atoms with Crippen LogP contribution in [-0.4, -0.2) is 73.7 Å². The molecule has 0 aromatic rings. The number of nitrogens with zero attached hydrogens (tertiary/aromatic N) is 2. The van der Waals surface area contributed by atoms with Gasteiger partial charge in [0, 0.05) is 39.8 Å². The number of likely N-dealkylation sites (N-methyl/N-ethyl adjacent to an activating group) is 1. The van der Waals surface area contributed by atoms with Gasteiger partial charge in [-0.1, -0.05) is 6.42 Å². The predicted octanol–water partition coefficient (Wildman–Crippen LogP) is 0.698. The molecule has 2 aliphatic carbocycles. The van der Waals surface area contributed by atoms with Crippen LogP contribution in [0.2, 0.25) is 0 Å². The number of morpholine rings is 1. The quantitative estimate of drug-likeness (QED) is 0.812. The van der Waals surface area contributed by atoms with Crippen molar-refractivity contribution in [2.45, 2.75) is 43.7 Å². The van der Waals surface area contributed by atoms with Gasteiger partial charge in [-0.2, -0.15) is 0 Å². The Bertz CT molecular complexity index is 428. The summed E-state index contributed by atoms with van der Waals surface area (Å²) in [6.45, 7) is 5.95. The van der Waals surface area contributed by atoms with Crippen LogP contribution >= 0.6 is 0 Å². The molecule has 5 heteroatoms. The summed E-state index contributed by atoms with van der Waals surface area (Å²) in [7, 11) is 1.73. The number of carbonyl (C=O) groups is 1. The first-order chi connectivity index (χ1) is 10.7. The molecule has 2 heterocycles. The van der Waals surface area contributed by atoms with E-state index in [4.69, 9.17) is 4.74 Å². The maximum Gasteiger partial charge on any atom is 0.239 e. The lowest BCUT2D eigenvalue weighted by atomic mass is 9.82. The van der Waals surface area contributed by atoms with Gasteiger partial charge in [-0.05, 0) is 37.5 Å². The zero-order valence-corrected chi connectivity index (χ0v) is 13.7. The average Bonchev–Trinajstić information content (AvgIpc) is 3.24. The Hall–Kier alpha value is -0.650. The van der Waals surface area contributed by atoms with Crippen molar-refractivity contribution in [2.24, 2.45) is 11.8 Å². The van der Waals surface area contributed by atoms with Gasteiger partial charge in [-0.25, -0.2) is 0 Å². The van der Waals surface area contributed by atoms with Crippen molar-refractivity contribution in [3.63, 3.8) is 0 Å². The van der Waals surface area contributed by atoms with E-state index in [0.717, 1.165) is 38.0 Å². The van der Waals surface area contributed by atoms with Crippen LogP contribution in [0.25, 0.3) is 0 Å². The first-order valence-corrected chi connectivity index (χ1v) is 8.99. The lowest BCUT2D eigenvalue weighted by Gasteiger charge is -2.56. The first kappa shape index (κ1) is 14.9. The van der Waals surface area contributed by atoms with Crippen LogP contribution in [0.5, 0.6) is 0 Å². The van der Waals surface area contributed by atoms with Crippen molar-refractivity contribution in [3.8, 4) is 0 Å². The Morgan fingerprint density at radius 2 is 1.86 bits per heavy atom. The standard InChI is InChI=1S/C17H29N3O2/c1-18-16(21)15-9-22-17(12-20(15)8-14-5-6-14)10-19(11-17)7-13-3-2-4-13/h13-15H,2-12H2,1H3,(H,18,21). The number of hydrogen-bond acceptors (Lipinski definition) is 4. The third-order valence-electron chi connectivity index (χ3n) is 5.98. The van der Waals surface area contributed by atoms with Crippen molar-refractivity contribution in [1.29, 1.82) is 0 Å². The lowest BCUT2D eigenvalue weighted by Crippen LogP contribution is -2.73. The minimum Gasteiger partial charge on any atom is -0.369 e. The second-order valence-electron chi connectivity index (χ2n) is 7.96. The van der Waals surface area contributed by atoms with E-state index in [0.29, 0.717) is 6.61 Å². The summed E-state index contributed by atoms with van der Waals surface area (Å²) in [5.74, 6) is 1.86. The van der Waals surface area contributed by atoms with Gasteiger partial charge in [-0.15, -0.1) is 0 Å². The van der Waals surface area contributed by atoms with Gasteiger partial charge in [0.2, 0.25) is 5.91 Å². The molecule has 22 heavy (non-hydrogen) atoms. The van der Waals surface area contributed by atoms with Crippen molar-refractivity contribution in [1.82, 2.24) is 15.1 Å². The van der Waals surface area contributed by atoms with Gasteiger partial charge in [-0.3, -0.25) is 14.6 Å². The number of rotatable bonds is 5. The smallest absolute Gasteiger partial charge is 0.239 e. The molecule has 0 radical (unpaired) electrons. The first-order valence-electron chi connectivity index (χ1n) is 8.99. The molecule has 2 saturated heterocycles. The zero-order valence-electron chi connectivity index (χ0n) is 13.7. The van der Waals surface area contributed by atoms with Gasteiger partial charge < -0.3 is 10.1 Å². The van der Waals surface area contributed by atoms with Crippen LogP contribution in [0.15, 0.2) is 0 Å². The molecule has 1 amide bonds. The van der Waals surface area contributed by atoms with E-state index in [1.165, 1.54) is 38.6 Å². The Morgan fingerprint density at radius 1 is 1.14 bits per heavy atom. The molecule has 0 bridgehead atoms. The highest BCUT2D eigenvalue weighted by molar-refractivity contribution is 5.81. The Balaban J connectivity index is 1.34. The molecular weight excluding hydrogens is 278 g/mol. The monoisotopic (exact) mass is 307 g/mol. The molecule has 0 aromatic heterocycles. The highest BCUT2D eigenvalue weighted by Crippen LogP contribution is 2.37. The van der Waals surface area contributed by atoms with E-state index in [-0.39, 0.29) is 17.6 Å². The van der Waals surface area contributed by atoms with Crippen molar-refractivity contribution >= 4 is 5.91 Å². The van der Waals surface area contributed by atoms with Gasteiger partial charge in [0.15, 0.2) is 0 Å². The molecule has 0 aromatic carbocycles. The van der Waals surface area contributed by atoms with Crippen LogP contribution in [0, 0.1) is 11.8 Å². The highest BCUT2D eigenvalue weighted by atomic mass is 16.5. The summed E-state index contributed by atoms with van der Waals surface area (Å²) in [4.78, 5) is 17.1. The molecule has 1 atom stereocenters. The number of ether oxygens (including phenoxy) is 1. The van der Waals surface area contributed by atoms with Crippen LogP contribution in [-0.2, 0) is 9.53 Å². The maximum absolute atomic E-state index is 12.1. The summed E-state index contributed by atoms with van der Waals surface area (Å²) in [5.41, 5.74) is 0.00313. The summed E-state index contributed by atoms with van der Waals surface area (Å²) >= 11 is 0. The summed E-state index contributed by atoms with van der Waals surface area (Å²) in [6, 6.07) is -0.0862.